The van der Waals surface area contributed by atoms with E-state index in [2.05, 4.69) is 6.92 Å². The van der Waals surface area contributed by atoms with Gasteiger partial charge in [0.1, 0.15) is 4.90 Å². The Kier molecular flexibility index (Phi) is 4.30. The van der Waals surface area contributed by atoms with Gasteiger partial charge in [0.25, 0.3) is 0 Å². The van der Waals surface area contributed by atoms with E-state index < -0.39 is 10.0 Å². The Labute approximate surface area is 123 Å². The van der Waals surface area contributed by atoms with E-state index in [0.29, 0.717) is 19.0 Å². The van der Waals surface area contributed by atoms with Gasteiger partial charge in [-0.3, -0.25) is 0 Å². The quantitative estimate of drug-likeness (QED) is 0.851. The fraction of sp³-hybridized carbons (Fsp3) is 0.500. The lowest BCUT2D eigenvalue weighted by Gasteiger charge is -2.29. The summed E-state index contributed by atoms with van der Waals surface area (Å²) in [5, 5.41) is 0.266. The van der Waals surface area contributed by atoms with Crippen LogP contribution in [0.5, 0.6) is 0 Å². The van der Waals surface area contributed by atoms with Gasteiger partial charge in [0.05, 0.1) is 15.7 Å². The molecular weight excluding hydrogens is 307 g/mol. The molecule has 19 heavy (non-hydrogen) atoms. The van der Waals surface area contributed by atoms with Crippen molar-refractivity contribution >= 4 is 38.9 Å². The summed E-state index contributed by atoms with van der Waals surface area (Å²) in [5.41, 5.74) is 5.79. The summed E-state index contributed by atoms with van der Waals surface area (Å²) in [4.78, 5) is 0.0330. The molecule has 0 spiro atoms. The molecular formula is C12H16Cl2N2O2S. The number of benzene rings is 1. The zero-order valence-corrected chi connectivity index (χ0v) is 12.9. The smallest absolute Gasteiger partial charge is 0.244 e. The predicted molar refractivity (Wildman–Crippen MR) is 78.0 cm³/mol. The van der Waals surface area contributed by atoms with E-state index in [9.17, 15) is 8.42 Å². The van der Waals surface area contributed by atoms with Crippen molar-refractivity contribution < 1.29 is 8.42 Å². The topological polar surface area (TPSA) is 63.4 Å². The van der Waals surface area contributed by atoms with E-state index in [1.807, 2.05) is 0 Å². The van der Waals surface area contributed by atoms with Gasteiger partial charge in [0, 0.05) is 13.1 Å². The minimum Gasteiger partial charge on any atom is -0.396 e. The van der Waals surface area contributed by atoms with Crippen molar-refractivity contribution in [3.8, 4) is 0 Å². The number of piperidine rings is 1. The molecule has 106 valence electrons. The van der Waals surface area contributed by atoms with Gasteiger partial charge in [0.15, 0.2) is 0 Å². The number of nitrogen functional groups attached to an aromatic ring is 1. The maximum Gasteiger partial charge on any atom is 0.244 e. The largest absolute Gasteiger partial charge is 0.396 e. The fourth-order valence-corrected chi connectivity index (χ4v) is 4.32. The number of nitrogens with zero attached hydrogens (tertiary/aromatic N) is 1. The van der Waals surface area contributed by atoms with Gasteiger partial charge in [-0.05, 0) is 30.9 Å². The van der Waals surface area contributed by atoms with Gasteiger partial charge in [-0.1, -0.05) is 30.1 Å². The maximum absolute atomic E-state index is 12.5. The van der Waals surface area contributed by atoms with Crippen LogP contribution in [0.15, 0.2) is 17.0 Å². The average molecular weight is 323 g/mol. The summed E-state index contributed by atoms with van der Waals surface area (Å²) in [6.07, 6.45) is 1.72. The number of hydrogen-bond donors (Lipinski definition) is 1. The Hall–Kier alpha value is -0.490. The first-order valence-electron chi connectivity index (χ1n) is 6.07. The standard InChI is InChI=1S/C12H16Cl2N2O2S/c1-8-4-6-16(7-5-8)19(17,18)10-3-2-9(13)12(15)11(10)14/h2-3,8H,4-7,15H2,1H3. The van der Waals surface area contributed by atoms with E-state index in [1.165, 1.54) is 16.4 Å². The monoisotopic (exact) mass is 322 g/mol. The summed E-state index contributed by atoms with van der Waals surface area (Å²) in [6.45, 7) is 3.15. The molecule has 0 aliphatic carbocycles. The molecule has 1 aliphatic heterocycles. The lowest BCUT2D eigenvalue weighted by atomic mass is 10.0. The van der Waals surface area contributed by atoms with Crippen LogP contribution in [0.25, 0.3) is 0 Å². The van der Waals surface area contributed by atoms with Crippen LogP contribution in [0.4, 0.5) is 5.69 Å². The second-order valence-corrected chi connectivity index (χ2v) is 7.55. The molecule has 1 aliphatic rings. The molecule has 2 rings (SSSR count). The Bertz CT molecular complexity index is 582. The molecule has 2 N–H and O–H groups in total. The van der Waals surface area contributed by atoms with E-state index in [1.54, 1.807) is 0 Å². The Morgan fingerprint density at radius 3 is 2.42 bits per heavy atom. The van der Waals surface area contributed by atoms with Crippen LogP contribution in [0, 0.1) is 5.92 Å². The van der Waals surface area contributed by atoms with Gasteiger partial charge >= 0.3 is 0 Å². The zero-order chi connectivity index (χ0) is 14.2. The highest BCUT2D eigenvalue weighted by atomic mass is 35.5. The van der Waals surface area contributed by atoms with Crippen molar-refractivity contribution in [2.75, 3.05) is 18.8 Å². The van der Waals surface area contributed by atoms with Crippen LogP contribution in [0.2, 0.25) is 10.0 Å². The first-order chi connectivity index (χ1) is 8.84. The van der Waals surface area contributed by atoms with Gasteiger partial charge in [-0.15, -0.1) is 0 Å². The summed E-state index contributed by atoms with van der Waals surface area (Å²) in [7, 11) is -3.59. The second kappa shape index (κ2) is 5.48. The van der Waals surface area contributed by atoms with Crippen molar-refractivity contribution in [2.45, 2.75) is 24.7 Å². The van der Waals surface area contributed by atoms with Crippen molar-refractivity contribution in [1.82, 2.24) is 4.31 Å². The highest BCUT2D eigenvalue weighted by Gasteiger charge is 2.30. The van der Waals surface area contributed by atoms with Crippen molar-refractivity contribution in [3.63, 3.8) is 0 Å². The highest BCUT2D eigenvalue weighted by molar-refractivity contribution is 7.89. The third kappa shape index (κ3) is 2.84. The van der Waals surface area contributed by atoms with Crippen molar-refractivity contribution in [1.29, 1.82) is 0 Å². The number of sulfonamides is 1. The Morgan fingerprint density at radius 2 is 1.84 bits per heavy atom. The third-order valence-electron chi connectivity index (χ3n) is 3.45. The first-order valence-corrected chi connectivity index (χ1v) is 8.27. The minimum absolute atomic E-state index is 0.00567. The first kappa shape index (κ1) is 14.9. The number of hydrogen-bond acceptors (Lipinski definition) is 3. The number of anilines is 1. The molecule has 0 atom stereocenters. The molecule has 0 aromatic heterocycles. The van der Waals surface area contributed by atoms with Gasteiger partial charge in [-0.2, -0.15) is 4.31 Å². The van der Waals surface area contributed by atoms with Crippen LogP contribution < -0.4 is 5.73 Å². The average Bonchev–Trinajstić information content (AvgIpc) is 2.36. The zero-order valence-electron chi connectivity index (χ0n) is 10.6. The summed E-state index contributed by atoms with van der Waals surface area (Å²) < 4.78 is 26.5. The molecule has 0 bridgehead atoms. The highest BCUT2D eigenvalue weighted by Crippen LogP contribution is 2.35. The molecule has 1 fully saturated rings. The number of rotatable bonds is 2. The molecule has 0 saturated carbocycles. The Morgan fingerprint density at radius 1 is 1.26 bits per heavy atom. The predicted octanol–water partition coefficient (Wildman–Crippen LogP) is 3.00. The van der Waals surface area contributed by atoms with E-state index >= 15 is 0 Å². The Balaban J connectivity index is 2.38. The summed E-state index contributed by atoms with van der Waals surface area (Å²) in [6, 6.07) is 2.87. The van der Waals surface area contributed by atoms with Crippen molar-refractivity contribution in [3.05, 3.63) is 22.2 Å². The normalized spacial score (nSPS) is 18.7. The SMILES string of the molecule is CC1CCN(S(=O)(=O)c2ccc(Cl)c(N)c2Cl)CC1. The van der Waals surface area contributed by atoms with Gasteiger partial charge < -0.3 is 5.73 Å². The summed E-state index contributed by atoms with van der Waals surface area (Å²) >= 11 is 11.8. The second-order valence-electron chi connectivity index (χ2n) is 4.86. The lowest BCUT2D eigenvalue weighted by Crippen LogP contribution is -2.38. The maximum atomic E-state index is 12.5. The van der Waals surface area contributed by atoms with Crippen LogP contribution in [0.1, 0.15) is 19.8 Å². The molecule has 1 heterocycles. The third-order valence-corrected chi connectivity index (χ3v) is 6.24. The van der Waals surface area contributed by atoms with Crippen LogP contribution >= 0.6 is 23.2 Å². The van der Waals surface area contributed by atoms with Crippen molar-refractivity contribution in [2.24, 2.45) is 5.92 Å². The number of halogens is 2. The molecule has 0 radical (unpaired) electrons. The minimum atomic E-state index is -3.59. The van der Waals surface area contributed by atoms with Crippen LogP contribution in [-0.2, 0) is 10.0 Å². The molecule has 1 aromatic carbocycles. The van der Waals surface area contributed by atoms with Crippen LogP contribution in [0.3, 0.4) is 0 Å². The van der Waals surface area contributed by atoms with E-state index in [4.69, 9.17) is 28.9 Å². The molecule has 0 amide bonds. The molecule has 1 aromatic rings. The molecule has 4 nitrogen and oxygen atoms in total. The van der Waals surface area contributed by atoms with E-state index in [-0.39, 0.29) is 20.6 Å². The molecule has 1 saturated heterocycles. The van der Waals surface area contributed by atoms with Gasteiger partial charge in [-0.25, -0.2) is 8.42 Å². The van der Waals surface area contributed by atoms with E-state index in [0.717, 1.165) is 12.8 Å². The summed E-state index contributed by atoms with van der Waals surface area (Å²) in [5.74, 6) is 0.553. The molecule has 7 heteroatoms. The molecule has 0 unspecified atom stereocenters. The lowest BCUT2D eigenvalue weighted by molar-refractivity contribution is 0.288. The van der Waals surface area contributed by atoms with Gasteiger partial charge in [0.2, 0.25) is 10.0 Å². The number of nitrogens with two attached hydrogens (primary N) is 1. The van der Waals surface area contributed by atoms with Crippen LogP contribution in [-0.4, -0.2) is 25.8 Å². The fourth-order valence-electron chi connectivity index (χ4n) is 2.11.